The summed E-state index contributed by atoms with van der Waals surface area (Å²) in [6.07, 6.45) is 2.90. The Bertz CT molecular complexity index is 584. The molecule has 4 N–H and O–H groups in total. The number of anilines is 1. The van der Waals surface area contributed by atoms with Crippen molar-refractivity contribution in [1.82, 2.24) is 0 Å². The average Bonchev–Trinajstić information content (AvgIpc) is 2.79. The summed E-state index contributed by atoms with van der Waals surface area (Å²) >= 11 is 0. The molecule has 0 aromatic heterocycles. The summed E-state index contributed by atoms with van der Waals surface area (Å²) in [7, 11) is 0. The Morgan fingerprint density at radius 2 is 2.24 bits per heavy atom. The van der Waals surface area contributed by atoms with Crippen LogP contribution in [-0.4, -0.2) is 17.0 Å². The lowest BCUT2D eigenvalue weighted by Gasteiger charge is -2.25. The number of nitrogens with one attached hydrogen (secondary N) is 1. The third-order valence-corrected chi connectivity index (χ3v) is 4.19. The van der Waals surface area contributed by atoms with Gasteiger partial charge in [-0.2, -0.15) is 0 Å². The molecular formula is C15H20FN3O2. The molecule has 1 aliphatic carbocycles. The zero-order valence-corrected chi connectivity index (χ0v) is 12.2. The minimum absolute atomic E-state index is 0.0292. The van der Waals surface area contributed by atoms with Crippen LogP contribution in [0, 0.1) is 17.2 Å². The second kappa shape index (κ2) is 5.71. The lowest BCUT2D eigenvalue weighted by Crippen LogP contribution is -2.31. The first kappa shape index (κ1) is 15.3. The Balaban J connectivity index is 2.19. The number of hydrogen-bond acceptors (Lipinski definition) is 3. The van der Waals surface area contributed by atoms with E-state index in [0.717, 1.165) is 19.3 Å². The van der Waals surface area contributed by atoms with Crippen LogP contribution in [0.25, 0.3) is 0 Å². The molecule has 1 saturated carbocycles. The van der Waals surface area contributed by atoms with E-state index in [1.54, 1.807) is 0 Å². The Morgan fingerprint density at radius 3 is 2.81 bits per heavy atom. The van der Waals surface area contributed by atoms with Gasteiger partial charge in [0.25, 0.3) is 0 Å². The van der Waals surface area contributed by atoms with Crippen molar-refractivity contribution in [3.8, 4) is 0 Å². The van der Waals surface area contributed by atoms with E-state index in [1.807, 2.05) is 0 Å². The topological polar surface area (TPSA) is 87.7 Å². The molecule has 2 rings (SSSR count). The predicted octanol–water partition coefficient (Wildman–Crippen LogP) is 2.68. The molecule has 114 valence electrons. The first-order valence-corrected chi connectivity index (χ1v) is 6.93. The van der Waals surface area contributed by atoms with E-state index in [0.29, 0.717) is 5.69 Å². The van der Waals surface area contributed by atoms with Crippen LogP contribution < -0.4 is 11.1 Å². The highest BCUT2D eigenvalue weighted by Crippen LogP contribution is 2.43. The van der Waals surface area contributed by atoms with Crippen LogP contribution in [0.5, 0.6) is 0 Å². The Labute approximate surface area is 123 Å². The zero-order valence-electron chi connectivity index (χ0n) is 12.2. The van der Waals surface area contributed by atoms with Gasteiger partial charge in [0, 0.05) is 11.6 Å². The van der Waals surface area contributed by atoms with Crippen LogP contribution in [0.2, 0.25) is 0 Å². The molecule has 0 aliphatic heterocycles. The van der Waals surface area contributed by atoms with E-state index in [-0.39, 0.29) is 28.6 Å². The fourth-order valence-corrected chi connectivity index (χ4v) is 2.90. The molecule has 0 spiro atoms. The number of hydrogen-bond donors (Lipinski definition) is 3. The number of carbonyl (C=O) groups excluding carboxylic acids is 1. The van der Waals surface area contributed by atoms with Gasteiger partial charge < -0.3 is 16.3 Å². The standard InChI is InChI=1S/C15H20FN3O2/c1-15(2)7-3-4-11(15)14(20)18-9-5-6-12(16)10(8-9)13(17)19-21/h5-6,8,11,21H,3-4,7H2,1-2H3,(H2,17,19)(H,18,20). The number of benzene rings is 1. The molecule has 1 amide bonds. The minimum Gasteiger partial charge on any atom is -0.409 e. The maximum Gasteiger partial charge on any atom is 0.228 e. The summed E-state index contributed by atoms with van der Waals surface area (Å²) in [6, 6.07) is 4.01. The Morgan fingerprint density at radius 1 is 1.52 bits per heavy atom. The summed E-state index contributed by atoms with van der Waals surface area (Å²) in [6.45, 7) is 4.16. The molecule has 0 heterocycles. The average molecular weight is 293 g/mol. The maximum atomic E-state index is 13.6. The highest BCUT2D eigenvalue weighted by Gasteiger charge is 2.39. The van der Waals surface area contributed by atoms with Crippen molar-refractivity contribution < 1.29 is 14.4 Å². The smallest absolute Gasteiger partial charge is 0.228 e. The number of amidine groups is 1. The third-order valence-electron chi connectivity index (χ3n) is 4.19. The fourth-order valence-electron chi connectivity index (χ4n) is 2.90. The van der Waals surface area contributed by atoms with E-state index in [9.17, 15) is 9.18 Å². The number of nitrogens with zero attached hydrogens (tertiary/aromatic N) is 1. The van der Waals surface area contributed by atoms with Gasteiger partial charge in [0.2, 0.25) is 5.91 Å². The van der Waals surface area contributed by atoms with Crippen molar-refractivity contribution in [1.29, 1.82) is 0 Å². The first-order chi connectivity index (χ1) is 9.85. The van der Waals surface area contributed by atoms with E-state index in [1.165, 1.54) is 18.2 Å². The lowest BCUT2D eigenvalue weighted by molar-refractivity contribution is -0.122. The van der Waals surface area contributed by atoms with Crippen molar-refractivity contribution in [2.45, 2.75) is 33.1 Å². The molecule has 1 fully saturated rings. The number of amides is 1. The Kier molecular flexibility index (Phi) is 4.16. The molecule has 5 nitrogen and oxygen atoms in total. The molecular weight excluding hydrogens is 273 g/mol. The van der Waals surface area contributed by atoms with Crippen molar-refractivity contribution in [3.63, 3.8) is 0 Å². The first-order valence-electron chi connectivity index (χ1n) is 6.93. The molecule has 6 heteroatoms. The molecule has 0 saturated heterocycles. The molecule has 1 unspecified atom stereocenters. The quantitative estimate of drug-likeness (QED) is 0.346. The van der Waals surface area contributed by atoms with Crippen molar-refractivity contribution >= 4 is 17.4 Å². The van der Waals surface area contributed by atoms with Gasteiger partial charge in [0.05, 0.1) is 5.56 Å². The van der Waals surface area contributed by atoms with Gasteiger partial charge in [-0.25, -0.2) is 4.39 Å². The van der Waals surface area contributed by atoms with Crippen LogP contribution in [0.3, 0.4) is 0 Å². The van der Waals surface area contributed by atoms with Crippen LogP contribution >= 0.6 is 0 Å². The van der Waals surface area contributed by atoms with Crippen LogP contribution in [0.1, 0.15) is 38.7 Å². The van der Waals surface area contributed by atoms with E-state index < -0.39 is 5.82 Å². The van der Waals surface area contributed by atoms with Crippen LogP contribution in [0.15, 0.2) is 23.4 Å². The molecule has 1 aliphatic rings. The van der Waals surface area contributed by atoms with Gasteiger partial charge in [-0.3, -0.25) is 4.79 Å². The maximum absolute atomic E-state index is 13.6. The van der Waals surface area contributed by atoms with Gasteiger partial charge in [-0.05, 0) is 36.5 Å². The van der Waals surface area contributed by atoms with Gasteiger partial charge in [0.1, 0.15) is 5.82 Å². The largest absolute Gasteiger partial charge is 0.409 e. The predicted molar refractivity (Wildman–Crippen MR) is 78.7 cm³/mol. The molecule has 1 aromatic carbocycles. The summed E-state index contributed by atoms with van der Waals surface area (Å²) in [5.74, 6) is -1.07. The minimum atomic E-state index is -0.607. The lowest BCUT2D eigenvalue weighted by atomic mass is 9.81. The number of oxime groups is 1. The summed E-state index contributed by atoms with van der Waals surface area (Å²) < 4.78 is 13.6. The number of rotatable bonds is 3. The zero-order chi connectivity index (χ0) is 15.6. The highest BCUT2D eigenvalue weighted by molar-refractivity contribution is 5.99. The second-order valence-electron chi connectivity index (χ2n) is 6.10. The van der Waals surface area contributed by atoms with E-state index in [2.05, 4.69) is 24.3 Å². The highest BCUT2D eigenvalue weighted by atomic mass is 19.1. The summed E-state index contributed by atoms with van der Waals surface area (Å²) in [4.78, 5) is 12.4. The number of carbonyl (C=O) groups is 1. The molecule has 21 heavy (non-hydrogen) atoms. The number of nitrogens with two attached hydrogens (primary N) is 1. The van der Waals surface area contributed by atoms with E-state index in [4.69, 9.17) is 10.9 Å². The second-order valence-corrected chi connectivity index (χ2v) is 6.10. The summed E-state index contributed by atoms with van der Waals surface area (Å²) in [5, 5.41) is 14.2. The fraction of sp³-hybridized carbons (Fsp3) is 0.467. The normalized spacial score (nSPS) is 21.3. The van der Waals surface area contributed by atoms with Crippen LogP contribution in [-0.2, 0) is 4.79 Å². The van der Waals surface area contributed by atoms with Crippen molar-refractivity contribution in [2.75, 3.05) is 5.32 Å². The Hall–Kier alpha value is -2.11. The van der Waals surface area contributed by atoms with E-state index >= 15 is 0 Å². The van der Waals surface area contributed by atoms with Gasteiger partial charge in [-0.15, -0.1) is 0 Å². The SMILES string of the molecule is CC1(C)CCCC1C(=O)Nc1ccc(F)c(/C(N)=N/O)c1. The van der Waals surface area contributed by atoms with Crippen molar-refractivity contribution in [3.05, 3.63) is 29.6 Å². The van der Waals surface area contributed by atoms with Gasteiger partial charge >= 0.3 is 0 Å². The van der Waals surface area contributed by atoms with Crippen molar-refractivity contribution in [2.24, 2.45) is 22.2 Å². The monoisotopic (exact) mass is 293 g/mol. The summed E-state index contributed by atoms with van der Waals surface area (Å²) in [5.41, 5.74) is 5.77. The molecule has 0 radical (unpaired) electrons. The molecule has 1 atom stereocenters. The molecule has 0 bridgehead atoms. The van der Waals surface area contributed by atoms with Gasteiger partial charge in [0.15, 0.2) is 5.84 Å². The molecule has 1 aromatic rings. The van der Waals surface area contributed by atoms with Crippen LogP contribution in [0.4, 0.5) is 10.1 Å². The third kappa shape index (κ3) is 3.15. The van der Waals surface area contributed by atoms with Gasteiger partial charge in [-0.1, -0.05) is 25.4 Å². The number of halogens is 1.